The van der Waals surface area contributed by atoms with Crippen molar-refractivity contribution < 1.29 is 0 Å². The molecule has 4 rings (SSSR count). The number of nitrogens with zero attached hydrogens (tertiary/aromatic N) is 2. The number of anilines is 1. The summed E-state index contributed by atoms with van der Waals surface area (Å²) in [5, 5.41) is 0. The Labute approximate surface area is 93.7 Å². The van der Waals surface area contributed by atoms with Crippen LogP contribution in [-0.4, -0.2) is 9.97 Å². The molecule has 2 aliphatic rings. The van der Waals surface area contributed by atoms with Gasteiger partial charge in [-0.05, 0) is 37.5 Å². The van der Waals surface area contributed by atoms with Crippen LogP contribution in [0, 0.1) is 0 Å². The molecule has 0 spiro atoms. The summed E-state index contributed by atoms with van der Waals surface area (Å²) in [6, 6.07) is 5.80. The van der Waals surface area contributed by atoms with Gasteiger partial charge in [-0.15, -0.1) is 0 Å². The highest BCUT2D eigenvalue weighted by Crippen LogP contribution is 2.51. The predicted octanol–water partition coefficient (Wildman–Crippen LogP) is 2.58. The SMILES string of the molecule is Nc1ccc2nc3c(nc2c1)[C@H]1CC[C@H]3C1. The first-order valence-corrected chi connectivity index (χ1v) is 5.88. The van der Waals surface area contributed by atoms with E-state index in [0.29, 0.717) is 11.8 Å². The van der Waals surface area contributed by atoms with E-state index < -0.39 is 0 Å². The fourth-order valence-electron chi connectivity index (χ4n) is 3.18. The van der Waals surface area contributed by atoms with Crippen molar-refractivity contribution in [2.24, 2.45) is 0 Å². The van der Waals surface area contributed by atoms with Crippen LogP contribution in [-0.2, 0) is 0 Å². The van der Waals surface area contributed by atoms with Crippen LogP contribution in [0.3, 0.4) is 0 Å². The minimum absolute atomic E-state index is 0.665. The zero-order chi connectivity index (χ0) is 10.7. The molecule has 80 valence electrons. The first-order valence-electron chi connectivity index (χ1n) is 5.88. The van der Waals surface area contributed by atoms with Gasteiger partial charge in [-0.2, -0.15) is 0 Å². The molecule has 1 aromatic heterocycles. The van der Waals surface area contributed by atoms with Gasteiger partial charge in [-0.25, -0.2) is 9.97 Å². The maximum atomic E-state index is 5.78. The maximum absolute atomic E-state index is 5.78. The van der Waals surface area contributed by atoms with E-state index in [4.69, 9.17) is 15.7 Å². The van der Waals surface area contributed by atoms with Crippen LogP contribution in [0.2, 0.25) is 0 Å². The lowest BCUT2D eigenvalue weighted by Gasteiger charge is -2.13. The number of rotatable bonds is 0. The van der Waals surface area contributed by atoms with E-state index in [2.05, 4.69) is 0 Å². The second-order valence-corrected chi connectivity index (χ2v) is 4.95. The van der Waals surface area contributed by atoms with Crippen LogP contribution >= 0.6 is 0 Å². The summed E-state index contributed by atoms with van der Waals surface area (Å²) in [5.41, 5.74) is 11.0. The van der Waals surface area contributed by atoms with Gasteiger partial charge >= 0.3 is 0 Å². The van der Waals surface area contributed by atoms with E-state index in [9.17, 15) is 0 Å². The van der Waals surface area contributed by atoms with Gasteiger partial charge in [0.2, 0.25) is 0 Å². The van der Waals surface area contributed by atoms with E-state index >= 15 is 0 Å². The van der Waals surface area contributed by atoms with Crippen molar-refractivity contribution in [2.45, 2.75) is 31.1 Å². The van der Waals surface area contributed by atoms with Crippen LogP contribution in [0.25, 0.3) is 11.0 Å². The number of nitrogen functional groups attached to an aromatic ring is 1. The van der Waals surface area contributed by atoms with E-state index in [-0.39, 0.29) is 0 Å². The number of aromatic nitrogens is 2. The monoisotopic (exact) mass is 211 g/mol. The van der Waals surface area contributed by atoms with Crippen molar-refractivity contribution in [1.29, 1.82) is 0 Å². The zero-order valence-electron chi connectivity index (χ0n) is 8.98. The molecule has 0 radical (unpaired) electrons. The van der Waals surface area contributed by atoms with Crippen LogP contribution < -0.4 is 5.73 Å². The zero-order valence-corrected chi connectivity index (χ0v) is 8.98. The highest BCUT2D eigenvalue weighted by molar-refractivity contribution is 5.78. The van der Waals surface area contributed by atoms with Crippen molar-refractivity contribution in [3.8, 4) is 0 Å². The van der Waals surface area contributed by atoms with Gasteiger partial charge in [0.05, 0.1) is 22.4 Å². The number of hydrogen-bond donors (Lipinski definition) is 1. The molecule has 0 aliphatic heterocycles. The van der Waals surface area contributed by atoms with Gasteiger partial charge in [0.1, 0.15) is 0 Å². The van der Waals surface area contributed by atoms with Gasteiger partial charge in [-0.1, -0.05) is 0 Å². The molecule has 0 unspecified atom stereocenters. The van der Waals surface area contributed by atoms with Crippen LogP contribution in [0.1, 0.15) is 42.5 Å². The average molecular weight is 211 g/mol. The highest BCUT2D eigenvalue weighted by atomic mass is 14.9. The van der Waals surface area contributed by atoms with Crippen LogP contribution in [0.5, 0.6) is 0 Å². The molecule has 0 saturated heterocycles. The Bertz CT molecular complexity index is 591. The largest absolute Gasteiger partial charge is 0.399 e. The predicted molar refractivity (Wildman–Crippen MR) is 63.3 cm³/mol. The number of nitrogens with two attached hydrogens (primary N) is 1. The minimum atomic E-state index is 0.665. The lowest BCUT2D eigenvalue weighted by Crippen LogP contribution is -2.04. The highest BCUT2D eigenvalue weighted by Gasteiger charge is 2.39. The molecule has 3 heteroatoms. The summed E-state index contributed by atoms with van der Waals surface area (Å²) in [7, 11) is 0. The maximum Gasteiger partial charge on any atom is 0.0910 e. The fraction of sp³-hybridized carbons (Fsp3) is 0.385. The van der Waals surface area contributed by atoms with Crippen molar-refractivity contribution in [1.82, 2.24) is 9.97 Å². The molecule has 1 heterocycles. The third-order valence-corrected chi connectivity index (χ3v) is 3.95. The summed E-state index contributed by atoms with van der Waals surface area (Å²) >= 11 is 0. The van der Waals surface area contributed by atoms with Gasteiger partial charge < -0.3 is 5.73 Å². The Morgan fingerprint density at radius 2 is 1.69 bits per heavy atom. The smallest absolute Gasteiger partial charge is 0.0910 e. The molecule has 2 aliphatic carbocycles. The van der Waals surface area contributed by atoms with E-state index in [0.717, 1.165) is 16.7 Å². The van der Waals surface area contributed by atoms with Gasteiger partial charge in [-0.3, -0.25) is 0 Å². The molecule has 2 atom stereocenters. The second kappa shape index (κ2) is 2.73. The Balaban J connectivity index is 2.03. The molecule has 1 saturated carbocycles. The molecule has 2 aromatic rings. The molecule has 0 amide bonds. The summed E-state index contributed by atoms with van der Waals surface area (Å²) < 4.78 is 0. The number of fused-ring (bicyclic) bond motifs is 6. The lowest BCUT2D eigenvalue weighted by molar-refractivity contribution is 0.685. The van der Waals surface area contributed by atoms with E-state index in [1.807, 2.05) is 18.2 Å². The standard InChI is InChI=1S/C13H13N3/c14-9-3-4-10-11(6-9)16-13-8-2-1-7(5-8)12(13)15-10/h3-4,6-8H,1-2,5,14H2/t7-,8-/m0/s1. The molecule has 3 nitrogen and oxygen atoms in total. The molecule has 2 N–H and O–H groups in total. The van der Waals surface area contributed by atoms with Crippen molar-refractivity contribution in [2.75, 3.05) is 5.73 Å². The normalized spacial score (nSPS) is 26.2. The molecule has 1 aromatic carbocycles. The first-order chi connectivity index (χ1) is 7.81. The second-order valence-electron chi connectivity index (χ2n) is 4.95. The number of hydrogen-bond acceptors (Lipinski definition) is 3. The first kappa shape index (κ1) is 8.50. The Hall–Kier alpha value is -1.64. The van der Waals surface area contributed by atoms with E-state index in [1.165, 1.54) is 30.7 Å². The van der Waals surface area contributed by atoms with Crippen molar-refractivity contribution in [3.05, 3.63) is 29.6 Å². The summed E-state index contributed by atoms with van der Waals surface area (Å²) in [4.78, 5) is 9.52. The molecular formula is C13H13N3. The summed E-state index contributed by atoms with van der Waals surface area (Å²) in [6.45, 7) is 0. The van der Waals surface area contributed by atoms with Crippen molar-refractivity contribution in [3.63, 3.8) is 0 Å². The third kappa shape index (κ3) is 0.979. The lowest BCUT2D eigenvalue weighted by atomic mass is 10.0. The molecule has 2 bridgehead atoms. The van der Waals surface area contributed by atoms with Gasteiger partial charge in [0.15, 0.2) is 0 Å². The fourth-order valence-corrected chi connectivity index (χ4v) is 3.18. The van der Waals surface area contributed by atoms with Gasteiger partial charge in [0, 0.05) is 17.5 Å². The average Bonchev–Trinajstić information content (AvgIpc) is 2.87. The summed E-state index contributed by atoms with van der Waals surface area (Å²) in [5.74, 6) is 1.34. The molecule has 1 fully saturated rings. The van der Waals surface area contributed by atoms with Gasteiger partial charge in [0.25, 0.3) is 0 Å². The topological polar surface area (TPSA) is 51.8 Å². The summed E-state index contributed by atoms with van der Waals surface area (Å²) in [6.07, 6.45) is 3.86. The van der Waals surface area contributed by atoms with E-state index in [1.54, 1.807) is 0 Å². The van der Waals surface area contributed by atoms with Crippen molar-refractivity contribution >= 4 is 16.7 Å². The quantitative estimate of drug-likeness (QED) is 0.681. The molecule has 16 heavy (non-hydrogen) atoms. The number of benzene rings is 1. The Kier molecular flexibility index (Phi) is 1.45. The third-order valence-electron chi connectivity index (χ3n) is 3.95. The Morgan fingerprint density at radius 1 is 1.00 bits per heavy atom. The molecular weight excluding hydrogens is 198 g/mol. The van der Waals surface area contributed by atoms with Crippen LogP contribution in [0.15, 0.2) is 18.2 Å². The Morgan fingerprint density at radius 3 is 2.44 bits per heavy atom. The minimum Gasteiger partial charge on any atom is -0.399 e. The van der Waals surface area contributed by atoms with Crippen LogP contribution in [0.4, 0.5) is 5.69 Å².